The molecule has 1 atom stereocenters. The summed E-state index contributed by atoms with van der Waals surface area (Å²) in [6.07, 6.45) is 1.40. The molecule has 1 aliphatic rings. The Balaban J connectivity index is 2.03. The molecule has 1 aliphatic heterocycles. The molecule has 2 rings (SSSR count). The Hall–Kier alpha value is -1.44. The molecule has 1 saturated heterocycles. The van der Waals surface area contributed by atoms with Gasteiger partial charge in [-0.25, -0.2) is 0 Å². The van der Waals surface area contributed by atoms with Gasteiger partial charge in [0.05, 0.1) is 5.92 Å². The van der Waals surface area contributed by atoms with Gasteiger partial charge >= 0.3 is 0 Å². The summed E-state index contributed by atoms with van der Waals surface area (Å²) in [5.41, 5.74) is 1.86. The minimum atomic E-state index is -3.46. The minimum Gasteiger partial charge on any atom is -0.326 e. The Labute approximate surface area is 132 Å². The number of amides is 1. The van der Waals surface area contributed by atoms with E-state index in [9.17, 15) is 13.2 Å². The van der Waals surface area contributed by atoms with Crippen LogP contribution < -0.4 is 5.32 Å². The fourth-order valence-electron chi connectivity index (χ4n) is 2.48. The van der Waals surface area contributed by atoms with Crippen LogP contribution in [0.2, 0.25) is 0 Å². The summed E-state index contributed by atoms with van der Waals surface area (Å²) in [4.78, 5) is 12.3. The van der Waals surface area contributed by atoms with Crippen molar-refractivity contribution >= 4 is 21.8 Å². The van der Waals surface area contributed by atoms with Crippen molar-refractivity contribution in [3.63, 3.8) is 0 Å². The Kier molecular flexibility index (Phi) is 5.20. The van der Waals surface area contributed by atoms with Crippen LogP contribution in [-0.4, -0.2) is 50.1 Å². The highest BCUT2D eigenvalue weighted by Gasteiger charge is 2.33. The zero-order valence-corrected chi connectivity index (χ0v) is 14.1. The minimum absolute atomic E-state index is 0.123. The Morgan fingerprint density at radius 1 is 1.27 bits per heavy atom. The van der Waals surface area contributed by atoms with E-state index in [4.69, 9.17) is 0 Å². The predicted octanol–water partition coefficient (Wildman–Crippen LogP) is 1.45. The highest BCUT2D eigenvalue weighted by molar-refractivity contribution is 7.86. The third-order valence-electron chi connectivity index (χ3n) is 3.86. The smallest absolute Gasteiger partial charge is 0.281 e. The van der Waals surface area contributed by atoms with Gasteiger partial charge in [-0.15, -0.1) is 0 Å². The summed E-state index contributed by atoms with van der Waals surface area (Å²) in [5, 5.41) is 2.87. The number of nitrogens with zero attached hydrogens (tertiary/aromatic N) is 2. The van der Waals surface area contributed by atoms with Crippen molar-refractivity contribution in [2.24, 2.45) is 5.92 Å². The van der Waals surface area contributed by atoms with Gasteiger partial charge in [-0.2, -0.15) is 17.0 Å². The Morgan fingerprint density at radius 3 is 2.50 bits per heavy atom. The highest BCUT2D eigenvalue weighted by Crippen LogP contribution is 2.22. The van der Waals surface area contributed by atoms with Crippen LogP contribution in [0.25, 0.3) is 0 Å². The molecule has 1 aromatic rings. The SMILES string of the molecule is Cc1ccc(NC(=O)C2CCCN(S(=O)(=O)N(C)C)C2)cc1. The van der Waals surface area contributed by atoms with Crippen LogP contribution in [-0.2, 0) is 15.0 Å². The van der Waals surface area contributed by atoms with E-state index in [1.54, 1.807) is 0 Å². The summed E-state index contributed by atoms with van der Waals surface area (Å²) in [7, 11) is -0.448. The Bertz CT molecular complexity index is 626. The summed E-state index contributed by atoms with van der Waals surface area (Å²) in [6, 6.07) is 7.56. The van der Waals surface area contributed by atoms with Gasteiger partial charge in [-0.1, -0.05) is 17.7 Å². The van der Waals surface area contributed by atoms with E-state index in [0.717, 1.165) is 11.3 Å². The number of hydrogen-bond acceptors (Lipinski definition) is 3. The van der Waals surface area contributed by atoms with Gasteiger partial charge in [0, 0.05) is 32.9 Å². The Morgan fingerprint density at radius 2 is 1.91 bits per heavy atom. The van der Waals surface area contributed by atoms with Gasteiger partial charge in [0.25, 0.3) is 10.2 Å². The van der Waals surface area contributed by atoms with Crippen LogP contribution in [0.15, 0.2) is 24.3 Å². The second kappa shape index (κ2) is 6.76. The van der Waals surface area contributed by atoms with E-state index < -0.39 is 10.2 Å². The number of anilines is 1. The van der Waals surface area contributed by atoms with Gasteiger partial charge in [0.2, 0.25) is 5.91 Å². The van der Waals surface area contributed by atoms with Gasteiger partial charge in [-0.3, -0.25) is 4.79 Å². The molecule has 22 heavy (non-hydrogen) atoms. The molecule has 1 heterocycles. The van der Waals surface area contributed by atoms with E-state index in [-0.39, 0.29) is 18.4 Å². The molecule has 7 heteroatoms. The molecule has 0 saturated carbocycles. The topological polar surface area (TPSA) is 69.7 Å². The van der Waals surface area contributed by atoms with E-state index in [1.807, 2.05) is 31.2 Å². The molecule has 1 unspecified atom stereocenters. The first-order valence-corrected chi connectivity index (χ1v) is 8.75. The third kappa shape index (κ3) is 3.85. The number of rotatable bonds is 4. The van der Waals surface area contributed by atoms with Crippen molar-refractivity contribution in [3.8, 4) is 0 Å². The molecule has 6 nitrogen and oxygen atoms in total. The molecular formula is C15H23N3O3S. The highest BCUT2D eigenvalue weighted by atomic mass is 32.2. The fourth-order valence-corrected chi connectivity index (χ4v) is 3.67. The number of carbonyl (C=O) groups is 1. The summed E-state index contributed by atoms with van der Waals surface area (Å²) in [5.74, 6) is -0.438. The van der Waals surface area contributed by atoms with Crippen LogP contribution in [0.5, 0.6) is 0 Å². The zero-order chi connectivity index (χ0) is 16.3. The van der Waals surface area contributed by atoms with Crippen molar-refractivity contribution in [2.45, 2.75) is 19.8 Å². The lowest BCUT2D eigenvalue weighted by Gasteiger charge is -2.32. The lowest BCUT2D eigenvalue weighted by atomic mass is 9.98. The van der Waals surface area contributed by atoms with Gasteiger partial charge < -0.3 is 5.32 Å². The summed E-state index contributed by atoms with van der Waals surface area (Å²) >= 11 is 0. The molecule has 1 amide bonds. The van der Waals surface area contributed by atoms with Gasteiger partial charge in [0.15, 0.2) is 0 Å². The van der Waals surface area contributed by atoms with Crippen LogP contribution in [0, 0.1) is 12.8 Å². The first-order valence-electron chi connectivity index (χ1n) is 7.36. The van der Waals surface area contributed by atoms with Gasteiger partial charge in [0.1, 0.15) is 0 Å². The molecular weight excluding hydrogens is 302 g/mol. The van der Waals surface area contributed by atoms with E-state index >= 15 is 0 Å². The van der Waals surface area contributed by atoms with Crippen LogP contribution >= 0.6 is 0 Å². The largest absolute Gasteiger partial charge is 0.326 e. The molecule has 0 spiro atoms. The molecule has 1 N–H and O–H groups in total. The maximum Gasteiger partial charge on any atom is 0.281 e. The molecule has 0 bridgehead atoms. The second-order valence-electron chi connectivity index (χ2n) is 5.84. The molecule has 1 fully saturated rings. The average Bonchev–Trinajstić information content (AvgIpc) is 2.49. The maximum atomic E-state index is 12.3. The lowest BCUT2D eigenvalue weighted by molar-refractivity contribution is -0.120. The maximum absolute atomic E-state index is 12.3. The zero-order valence-electron chi connectivity index (χ0n) is 13.2. The monoisotopic (exact) mass is 325 g/mol. The normalized spacial score (nSPS) is 20.1. The molecule has 0 aliphatic carbocycles. The van der Waals surface area contributed by atoms with Gasteiger partial charge in [-0.05, 0) is 31.9 Å². The molecule has 1 aromatic carbocycles. The number of nitrogens with one attached hydrogen (secondary N) is 1. The van der Waals surface area contributed by atoms with Crippen molar-refractivity contribution in [2.75, 3.05) is 32.5 Å². The lowest BCUT2D eigenvalue weighted by Crippen LogP contribution is -2.47. The number of benzene rings is 1. The molecule has 122 valence electrons. The van der Waals surface area contributed by atoms with Crippen molar-refractivity contribution in [3.05, 3.63) is 29.8 Å². The number of hydrogen-bond donors (Lipinski definition) is 1. The fraction of sp³-hybridized carbons (Fsp3) is 0.533. The van der Waals surface area contributed by atoms with Crippen molar-refractivity contribution in [1.82, 2.24) is 8.61 Å². The summed E-state index contributed by atoms with van der Waals surface area (Å²) < 4.78 is 26.9. The van der Waals surface area contributed by atoms with Crippen LogP contribution in [0.4, 0.5) is 5.69 Å². The van der Waals surface area contributed by atoms with Crippen molar-refractivity contribution < 1.29 is 13.2 Å². The predicted molar refractivity (Wildman–Crippen MR) is 86.7 cm³/mol. The number of aryl methyl sites for hydroxylation is 1. The quantitative estimate of drug-likeness (QED) is 0.911. The molecule has 0 aromatic heterocycles. The molecule has 0 radical (unpaired) electrons. The van der Waals surface area contributed by atoms with E-state index in [0.29, 0.717) is 19.4 Å². The van der Waals surface area contributed by atoms with Crippen LogP contribution in [0.3, 0.4) is 0 Å². The number of piperidine rings is 1. The van der Waals surface area contributed by atoms with E-state index in [1.165, 1.54) is 22.7 Å². The average molecular weight is 325 g/mol. The second-order valence-corrected chi connectivity index (χ2v) is 7.98. The first kappa shape index (κ1) is 16.9. The standard InChI is InChI=1S/C15H23N3O3S/c1-12-6-8-14(9-7-12)16-15(19)13-5-4-10-18(11-13)22(20,21)17(2)3/h6-9,13H,4-5,10-11H2,1-3H3,(H,16,19). The third-order valence-corrected chi connectivity index (χ3v) is 5.77. The number of carbonyl (C=O) groups excluding carboxylic acids is 1. The summed E-state index contributed by atoms with van der Waals surface area (Å²) in [6.45, 7) is 2.68. The van der Waals surface area contributed by atoms with E-state index in [2.05, 4.69) is 5.32 Å². The first-order chi connectivity index (χ1) is 10.3. The van der Waals surface area contributed by atoms with Crippen molar-refractivity contribution in [1.29, 1.82) is 0 Å². The van der Waals surface area contributed by atoms with Crippen LogP contribution in [0.1, 0.15) is 18.4 Å².